The van der Waals surface area contributed by atoms with E-state index in [-0.39, 0.29) is 6.10 Å². The zero-order valence-corrected chi connectivity index (χ0v) is 15.3. The molecule has 7 nitrogen and oxygen atoms in total. The number of hydrogen-bond donors (Lipinski definition) is 1. The predicted molar refractivity (Wildman–Crippen MR) is 101 cm³/mol. The van der Waals surface area contributed by atoms with E-state index in [9.17, 15) is 0 Å². The molecule has 2 aliphatic heterocycles. The molecule has 4 heterocycles. The lowest BCUT2D eigenvalue weighted by Crippen LogP contribution is -2.28. The number of nitrogens with one attached hydrogen (secondary N) is 1. The first-order chi connectivity index (χ1) is 12.8. The minimum atomic E-state index is 0.288. The molecule has 0 aromatic carbocycles. The second kappa shape index (κ2) is 7.95. The molecule has 0 saturated carbocycles. The maximum absolute atomic E-state index is 5.84. The van der Waals surface area contributed by atoms with Crippen molar-refractivity contribution < 1.29 is 4.74 Å². The average Bonchev–Trinajstić information content (AvgIpc) is 2.90. The number of nitrogens with zero attached hydrogens (tertiary/aromatic N) is 5. The molecule has 2 aliphatic rings. The van der Waals surface area contributed by atoms with Crippen molar-refractivity contribution in [1.82, 2.24) is 19.9 Å². The first kappa shape index (κ1) is 17.1. The van der Waals surface area contributed by atoms with Crippen LogP contribution >= 0.6 is 0 Å². The summed E-state index contributed by atoms with van der Waals surface area (Å²) in [6.45, 7) is 5.45. The molecular weight excluding hydrogens is 328 g/mol. The zero-order chi connectivity index (χ0) is 17.8. The fourth-order valence-electron chi connectivity index (χ4n) is 3.73. The van der Waals surface area contributed by atoms with Gasteiger partial charge in [0.15, 0.2) is 0 Å². The lowest BCUT2D eigenvalue weighted by Gasteiger charge is -2.24. The predicted octanol–water partition coefficient (Wildman–Crippen LogP) is 2.16. The molecule has 138 valence electrons. The highest BCUT2D eigenvalue weighted by Gasteiger charge is 2.21. The van der Waals surface area contributed by atoms with Crippen LogP contribution in [0.15, 0.2) is 18.6 Å². The Morgan fingerprint density at radius 1 is 1.19 bits per heavy atom. The van der Waals surface area contributed by atoms with Gasteiger partial charge in [-0.3, -0.25) is 4.98 Å². The molecule has 0 bridgehead atoms. The molecule has 0 amide bonds. The van der Waals surface area contributed by atoms with E-state index in [1.807, 2.05) is 13.1 Å². The molecule has 1 atom stereocenters. The molecule has 1 N–H and O–H groups in total. The quantitative estimate of drug-likeness (QED) is 0.901. The number of aryl methyl sites for hydroxylation is 1. The van der Waals surface area contributed by atoms with Crippen LogP contribution in [-0.2, 0) is 17.6 Å². The van der Waals surface area contributed by atoms with Crippen LogP contribution in [0, 0.1) is 6.92 Å². The molecule has 1 saturated heterocycles. The number of fused-ring (bicyclic) bond motifs is 1. The van der Waals surface area contributed by atoms with E-state index in [1.165, 1.54) is 18.4 Å². The SMILES string of the molecule is Cc1nc2c(c(NCC3CCCCO3)n1)CCN(c1cnccn1)CC2. The van der Waals surface area contributed by atoms with E-state index >= 15 is 0 Å². The fourth-order valence-corrected chi connectivity index (χ4v) is 3.73. The van der Waals surface area contributed by atoms with E-state index in [0.717, 1.165) is 68.7 Å². The molecule has 1 fully saturated rings. The van der Waals surface area contributed by atoms with Gasteiger partial charge in [-0.1, -0.05) is 0 Å². The van der Waals surface area contributed by atoms with Gasteiger partial charge in [-0.25, -0.2) is 15.0 Å². The van der Waals surface area contributed by atoms with Gasteiger partial charge < -0.3 is 15.0 Å². The third-order valence-corrected chi connectivity index (χ3v) is 5.10. The number of aromatic nitrogens is 4. The van der Waals surface area contributed by atoms with Gasteiger partial charge in [-0.15, -0.1) is 0 Å². The Hall–Kier alpha value is -2.28. The summed E-state index contributed by atoms with van der Waals surface area (Å²) >= 11 is 0. The lowest BCUT2D eigenvalue weighted by atomic mass is 10.1. The van der Waals surface area contributed by atoms with E-state index < -0.39 is 0 Å². The number of hydrogen-bond acceptors (Lipinski definition) is 7. The highest BCUT2D eigenvalue weighted by molar-refractivity contribution is 5.49. The van der Waals surface area contributed by atoms with Crippen LogP contribution in [0.1, 0.15) is 36.3 Å². The van der Waals surface area contributed by atoms with E-state index in [0.29, 0.717) is 0 Å². The number of rotatable bonds is 4. The van der Waals surface area contributed by atoms with Gasteiger partial charge in [-0.2, -0.15) is 0 Å². The third kappa shape index (κ3) is 3.93. The molecule has 2 aromatic heterocycles. The molecule has 2 aromatic rings. The Morgan fingerprint density at radius 3 is 2.92 bits per heavy atom. The molecule has 0 spiro atoms. The van der Waals surface area contributed by atoms with Crippen LogP contribution in [0.2, 0.25) is 0 Å². The van der Waals surface area contributed by atoms with Crippen molar-refractivity contribution in [2.45, 2.75) is 45.1 Å². The normalized spacial score (nSPS) is 20.3. The Bertz CT molecular complexity index is 732. The summed E-state index contributed by atoms with van der Waals surface area (Å²) in [4.78, 5) is 20.3. The maximum atomic E-state index is 5.84. The summed E-state index contributed by atoms with van der Waals surface area (Å²) in [5.41, 5.74) is 2.38. The van der Waals surface area contributed by atoms with Crippen molar-refractivity contribution in [2.24, 2.45) is 0 Å². The van der Waals surface area contributed by atoms with Crippen LogP contribution < -0.4 is 10.2 Å². The minimum Gasteiger partial charge on any atom is -0.376 e. The Kier molecular flexibility index (Phi) is 5.24. The molecule has 7 heteroatoms. The van der Waals surface area contributed by atoms with Crippen molar-refractivity contribution >= 4 is 11.6 Å². The highest BCUT2D eigenvalue weighted by atomic mass is 16.5. The summed E-state index contributed by atoms with van der Waals surface area (Å²) in [6, 6.07) is 0. The van der Waals surface area contributed by atoms with E-state index in [2.05, 4.69) is 25.2 Å². The van der Waals surface area contributed by atoms with Crippen LogP contribution in [0.3, 0.4) is 0 Å². The summed E-state index contributed by atoms with van der Waals surface area (Å²) in [5.74, 6) is 2.72. The van der Waals surface area contributed by atoms with Gasteiger partial charge in [0.2, 0.25) is 0 Å². The fraction of sp³-hybridized carbons (Fsp3) is 0.579. The van der Waals surface area contributed by atoms with Gasteiger partial charge in [0.05, 0.1) is 18.0 Å². The van der Waals surface area contributed by atoms with Gasteiger partial charge in [0.25, 0.3) is 0 Å². The zero-order valence-electron chi connectivity index (χ0n) is 15.3. The second-order valence-electron chi connectivity index (χ2n) is 6.96. The summed E-state index contributed by atoms with van der Waals surface area (Å²) < 4.78 is 5.84. The summed E-state index contributed by atoms with van der Waals surface area (Å²) in [7, 11) is 0. The second-order valence-corrected chi connectivity index (χ2v) is 6.96. The Morgan fingerprint density at radius 2 is 2.12 bits per heavy atom. The van der Waals surface area contributed by atoms with Crippen LogP contribution in [0.4, 0.5) is 11.6 Å². The minimum absolute atomic E-state index is 0.288. The Balaban J connectivity index is 1.49. The molecular formula is C19H26N6O. The molecule has 0 radical (unpaired) electrons. The topological polar surface area (TPSA) is 76.1 Å². The molecule has 1 unspecified atom stereocenters. The van der Waals surface area contributed by atoms with Crippen LogP contribution in [0.5, 0.6) is 0 Å². The first-order valence-corrected chi connectivity index (χ1v) is 9.52. The Labute approximate surface area is 154 Å². The van der Waals surface area contributed by atoms with Crippen LogP contribution in [0.25, 0.3) is 0 Å². The van der Waals surface area contributed by atoms with Gasteiger partial charge in [0, 0.05) is 50.6 Å². The van der Waals surface area contributed by atoms with Crippen molar-refractivity contribution in [3.63, 3.8) is 0 Å². The van der Waals surface area contributed by atoms with E-state index in [1.54, 1.807) is 12.4 Å². The highest BCUT2D eigenvalue weighted by Crippen LogP contribution is 2.24. The van der Waals surface area contributed by atoms with Crippen molar-refractivity contribution in [3.05, 3.63) is 35.7 Å². The largest absolute Gasteiger partial charge is 0.376 e. The molecule has 4 rings (SSSR count). The number of ether oxygens (including phenoxy) is 1. The smallest absolute Gasteiger partial charge is 0.147 e. The summed E-state index contributed by atoms with van der Waals surface area (Å²) in [5, 5.41) is 3.54. The standard InChI is InChI=1S/C19H26N6O/c1-14-23-17-6-10-25(18-13-20-7-8-21-18)9-5-16(17)19(24-14)22-12-15-4-2-3-11-26-15/h7-8,13,15H,2-6,9-12H2,1H3,(H,22,23,24). The van der Waals surface area contributed by atoms with Crippen LogP contribution in [-0.4, -0.2) is 52.3 Å². The summed E-state index contributed by atoms with van der Waals surface area (Å²) in [6.07, 6.45) is 10.9. The lowest BCUT2D eigenvalue weighted by molar-refractivity contribution is 0.0247. The van der Waals surface area contributed by atoms with Gasteiger partial charge in [-0.05, 0) is 32.6 Å². The van der Waals surface area contributed by atoms with E-state index in [4.69, 9.17) is 9.72 Å². The maximum Gasteiger partial charge on any atom is 0.147 e. The first-order valence-electron chi connectivity index (χ1n) is 9.52. The van der Waals surface area contributed by atoms with Crippen molar-refractivity contribution in [3.8, 4) is 0 Å². The molecule has 26 heavy (non-hydrogen) atoms. The van der Waals surface area contributed by atoms with Gasteiger partial charge >= 0.3 is 0 Å². The third-order valence-electron chi connectivity index (χ3n) is 5.10. The average molecular weight is 354 g/mol. The van der Waals surface area contributed by atoms with Crippen molar-refractivity contribution in [2.75, 3.05) is 36.5 Å². The van der Waals surface area contributed by atoms with Gasteiger partial charge in [0.1, 0.15) is 17.5 Å². The monoisotopic (exact) mass is 354 g/mol. The van der Waals surface area contributed by atoms with Crippen molar-refractivity contribution in [1.29, 1.82) is 0 Å². The number of anilines is 2. The molecule has 0 aliphatic carbocycles.